The molecule has 112 valence electrons. The molecule has 2 aliphatic heterocycles. The number of halogens is 1. The van der Waals surface area contributed by atoms with Gasteiger partial charge in [0, 0.05) is 31.7 Å². The zero-order valence-electron chi connectivity index (χ0n) is 11.5. The molecule has 0 saturated carbocycles. The lowest BCUT2D eigenvalue weighted by Gasteiger charge is -2.36. The van der Waals surface area contributed by atoms with Crippen molar-refractivity contribution in [1.82, 2.24) is 9.21 Å². The standard InChI is InChI=1S/C13H19ClN2O3S/c1-10-13(7-12(8-14)19-10)20(17,18)16-6-5-15-4-2-3-11(15)9-16/h7,11H,2-6,8-9H2,1H3. The van der Waals surface area contributed by atoms with Gasteiger partial charge in [0.25, 0.3) is 0 Å². The Morgan fingerprint density at radius 3 is 2.90 bits per heavy atom. The van der Waals surface area contributed by atoms with Crippen molar-refractivity contribution in [3.63, 3.8) is 0 Å². The zero-order valence-corrected chi connectivity index (χ0v) is 13.1. The molecular formula is C13H19ClN2O3S. The predicted octanol–water partition coefficient (Wildman–Crippen LogP) is 1.80. The fourth-order valence-corrected chi connectivity index (χ4v) is 4.95. The summed E-state index contributed by atoms with van der Waals surface area (Å²) < 4.78 is 32.4. The molecule has 3 rings (SSSR count). The van der Waals surface area contributed by atoms with Gasteiger partial charge in [-0.15, -0.1) is 11.6 Å². The molecule has 1 aromatic rings. The topological polar surface area (TPSA) is 53.8 Å². The van der Waals surface area contributed by atoms with Crippen molar-refractivity contribution in [3.05, 3.63) is 17.6 Å². The highest BCUT2D eigenvalue weighted by atomic mass is 35.5. The molecule has 0 N–H and O–H groups in total. The predicted molar refractivity (Wildman–Crippen MR) is 76.4 cm³/mol. The van der Waals surface area contributed by atoms with E-state index in [1.54, 1.807) is 17.3 Å². The van der Waals surface area contributed by atoms with Crippen molar-refractivity contribution < 1.29 is 12.8 Å². The second-order valence-electron chi connectivity index (χ2n) is 5.46. The van der Waals surface area contributed by atoms with Crippen LogP contribution in [-0.4, -0.2) is 49.8 Å². The van der Waals surface area contributed by atoms with Gasteiger partial charge in [-0.25, -0.2) is 8.42 Å². The maximum Gasteiger partial charge on any atom is 0.246 e. The highest BCUT2D eigenvalue weighted by Crippen LogP contribution is 2.28. The van der Waals surface area contributed by atoms with Crippen molar-refractivity contribution >= 4 is 21.6 Å². The molecule has 2 fully saturated rings. The first-order chi connectivity index (χ1) is 9.52. The summed E-state index contributed by atoms with van der Waals surface area (Å²) in [5, 5.41) is 0. The van der Waals surface area contributed by atoms with Gasteiger partial charge in [0.2, 0.25) is 10.0 Å². The minimum atomic E-state index is -3.47. The van der Waals surface area contributed by atoms with Crippen LogP contribution in [0.3, 0.4) is 0 Å². The molecule has 5 nitrogen and oxygen atoms in total. The van der Waals surface area contributed by atoms with Crippen LogP contribution in [0.2, 0.25) is 0 Å². The number of alkyl halides is 1. The Hall–Kier alpha value is -0.560. The Morgan fingerprint density at radius 1 is 1.40 bits per heavy atom. The van der Waals surface area contributed by atoms with E-state index >= 15 is 0 Å². The normalized spacial score (nSPS) is 25.0. The average molecular weight is 319 g/mol. The van der Waals surface area contributed by atoms with Gasteiger partial charge >= 0.3 is 0 Å². The van der Waals surface area contributed by atoms with Crippen LogP contribution in [0.25, 0.3) is 0 Å². The van der Waals surface area contributed by atoms with Gasteiger partial charge in [-0.2, -0.15) is 4.31 Å². The fourth-order valence-electron chi connectivity index (χ4n) is 3.17. The van der Waals surface area contributed by atoms with Crippen LogP contribution in [0, 0.1) is 6.92 Å². The SMILES string of the molecule is Cc1oc(CCl)cc1S(=O)(=O)N1CCN2CCCC2C1. The number of nitrogens with zero attached hydrogens (tertiary/aromatic N) is 2. The van der Waals surface area contributed by atoms with Gasteiger partial charge in [0.05, 0.1) is 5.88 Å². The van der Waals surface area contributed by atoms with E-state index in [0.717, 1.165) is 19.5 Å². The van der Waals surface area contributed by atoms with Crippen LogP contribution in [-0.2, 0) is 15.9 Å². The van der Waals surface area contributed by atoms with E-state index in [9.17, 15) is 8.42 Å². The monoisotopic (exact) mass is 318 g/mol. The highest BCUT2D eigenvalue weighted by Gasteiger charge is 2.37. The molecule has 0 radical (unpaired) electrons. The molecule has 3 heterocycles. The third-order valence-corrected chi connectivity index (χ3v) is 6.46. The van der Waals surface area contributed by atoms with Gasteiger partial charge < -0.3 is 4.42 Å². The second kappa shape index (κ2) is 5.33. The molecule has 7 heteroatoms. The summed E-state index contributed by atoms with van der Waals surface area (Å²) in [6, 6.07) is 1.93. The Kier molecular flexibility index (Phi) is 3.83. The molecule has 1 aromatic heterocycles. The molecular weight excluding hydrogens is 300 g/mol. The quantitative estimate of drug-likeness (QED) is 0.797. The van der Waals surface area contributed by atoms with Gasteiger partial charge in [-0.05, 0) is 26.3 Å². The number of fused-ring (bicyclic) bond motifs is 1. The van der Waals surface area contributed by atoms with Crippen LogP contribution in [0.15, 0.2) is 15.4 Å². The number of sulfonamides is 1. The fraction of sp³-hybridized carbons (Fsp3) is 0.692. The van der Waals surface area contributed by atoms with Crippen molar-refractivity contribution in [1.29, 1.82) is 0 Å². The first-order valence-electron chi connectivity index (χ1n) is 6.92. The van der Waals surface area contributed by atoms with Gasteiger partial charge in [-0.3, -0.25) is 4.90 Å². The second-order valence-corrected chi connectivity index (χ2v) is 7.64. The van der Waals surface area contributed by atoms with Crippen LogP contribution in [0.1, 0.15) is 24.4 Å². The van der Waals surface area contributed by atoms with E-state index in [4.69, 9.17) is 16.0 Å². The van der Waals surface area contributed by atoms with Gasteiger partial charge in [0.15, 0.2) is 0 Å². The van der Waals surface area contributed by atoms with Crippen molar-refractivity contribution in [2.24, 2.45) is 0 Å². The molecule has 1 atom stereocenters. The molecule has 0 amide bonds. The van der Waals surface area contributed by atoms with Crippen LogP contribution < -0.4 is 0 Å². The smallest absolute Gasteiger partial charge is 0.246 e. The number of rotatable bonds is 3. The van der Waals surface area contributed by atoms with Crippen LogP contribution in [0.5, 0.6) is 0 Å². The summed E-state index contributed by atoms with van der Waals surface area (Å²) in [7, 11) is -3.47. The lowest BCUT2D eigenvalue weighted by Crippen LogP contribution is -2.51. The number of hydrogen-bond acceptors (Lipinski definition) is 4. The molecule has 0 bridgehead atoms. The summed E-state index contributed by atoms with van der Waals surface area (Å²) in [4.78, 5) is 2.65. The van der Waals surface area contributed by atoms with E-state index in [1.165, 1.54) is 6.42 Å². The minimum absolute atomic E-state index is 0.187. The first kappa shape index (κ1) is 14.4. The van der Waals surface area contributed by atoms with Crippen LogP contribution >= 0.6 is 11.6 Å². The van der Waals surface area contributed by atoms with Crippen molar-refractivity contribution in [2.75, 3.05) is 26.2 Å². The maximum absolute atomic E-state index is 12.7. The number of hydrogen-bond donors (Lipinski definition) is 0. The third kappa shape index (κ3) is 2.39. The third-order valence-electron chi connectivity index (χ3n) is 4.22. The first-order valence-corrected chi connectivity index (χ1v) is 8.89. The average Bonchev–Trinajstić information content (AvgIpc) is 3.03. The Balaban J connectivity index is 1.86. The van der Waals surface area contributed by atoms with Crippen molar-refractivity contribution in [3.8, 4) is 0 Å². The Bertz CT molecular complexity index is 599. The Labute approximate surface area is 124 Å². The van der Waals surface area contributed by atoms with E-state index < -0.39 is 10.0 Å². The molecule has 0 aliphatic carbocycles. The molecule has 20 heavy (non-hydrogen) atoms. The van der Waals surface area contributed by atoms with Gasteiger partial charge in [-0.1, -0.05) is 0 Å². The maximum atomic E-state index is 12.7. The molecule has 2 aliphatic rings. The number of furan rings is 1. The molecule has 2 saturated heterocycles. The van der Waals surface area contributed by atoms with Gasteiger partial charge in [0.1, 0.15) is 16.4 Å². The van der Waals surface area contributed by atoms with E-state index in [-0.39, 0.29) is 10.8 Å². The summed E-state index contributed by atoms with van der Waals surface area (Å²) in [5.41, 5.74) is 0. The molecule has 0 aromatic carbocycles. The summed E-state index contributed by atoms with van der Waals surface area (Å²) in [6.45, 7) is 4.74. The van der Waals surface area contributed by atoms with E-state index in [0.29, 0.717) is 30.7 Å². The van der Waals surface area contributed by atoms with E-state index in [1.807, 2.05) is 0 Å². The molecule has 0 spiro atoms. The minimum Gasteiger partial charge on any atom is -0.464 e. The van der Waals surface area contributed by atoms with Crippen LogP contribution in [0.4, 0.5) is 0 Å². The largest absolute Gasteiger partial charge is 0.464 e. The summed E-state index contributed by atoms with van der Waals surface area (Å²) in [5.74, 6) is 1.11. The van der Waals surface area contributed by atoms with E-state index in [2.05, 4.69) is 4.90 Å². The lowest BCUT2D eigenvalue weighted by atomic mass is 10.2. The summed E-state index contributed by atoms with van der Waals surface area (Å²) in [6.07, 6.45) is 2.25. The zero-order chi connectivity index (χ0) is 14.3. The molecule has 1 unspecified atom stereocenters. The van der Waals surface area contributed by atoms with Crippen molar-refractivity contribution in [2.45, 2.75) is 36.6 Å². The Morgan fingerprint density at radius 2 is 2.20 bits per heavy atom. The lowest BCUT2D eigenvalue weighted by molar-refractivity contribution is 0.158. The highest BCUT2D eigenvalue weighted by molar-refractivity contribution is 7.89. The summed E-state index contributed by atoms with van der Waals surface area (Å²) >= 11 is 5.71. The number of aryl methyl sites for hydroxylation is 1. The number of piperazine rings is 1.